The third-order valence-electron chi connectivity index (χ3n) is 3.34. The summed E-state index contributed by atoms with van der Waals surface area (Å²) in [6, 6.07) is 0. The molecule has 0 aromatic rings. The van der Waals surface area contributed by atoms with Crippen molar-refractivity contribution in [3.63, 3.8) is 0 Å². The maximum Gasteiger partial charge on any atom is 0.307 e. The molecule has 0 saturated heterocycles. The van der Waals surface area contributed by atoms with Crippen molar-refractivity contribution in [2.45, 2.75) is 46.5 Å². The fraction of sp³-hybridized carbons (Fsp3) is 0.846. The molecule has 2 unspecified atom stereocenters. The molecule has 2 atom stereocenters. The average molecular weight is 241 g/mol. The Bertz CT molecular complexity index is 294. The Hall–Kier alpha value is -1.06. The van der Waals surface area contributed by atoms with Gasteiger partial charge in [-0.2, -0.15) is 0 Å². The molecule has 2 N–H and O–H groups in total. The van der Waals surface area contributed by atoms with Crippen molar-refractivity contribution in [3.05, 3.63) is 0 Å². The van der Waals surface area contributed by atoms with E-state index >= 15 is 0 Å². The number of carbonyl (C=O) groups excluding carboxylic acids is 1. The molecule has 1 saturated carbocycles. The van der Waals surface area contributed by atoms with Gasteiger partial charge in [-0.25, -0.2) is 0 Å². The Balaban J connectivity index is 2.40. The lowest BCUT2D eigenvalue weighted by Gasteiger charge is -2.20. The molecule has 4 heteroatoms. The van der Waals surface area contributed by atoms with Crippen LogP contribution in [0.1, 0.15) is 46.5 Å². The molecule has 0 spiro atoms. The highest BCUT2D eigenvalue weighted by atomic mass is 16.4. The lowest BCUT2D eigenvalue weighted by molar-refractivity contribution is -0.146. The first-order valence-electron chi connectivity index (χ1n) is 6.32. The van der Waals surface area contributed by atoms with Crippen LogP contribution in [0.5, 0.6) is 0 Å². The molecule has 0 aromatic carbocycles. The van der Waals surface area contributed by atoms with Crippen molar-refractivity contribution in [3.8, 4) is 0 Å². The topological polar surface area (TPSA) is 66.4 Å². The molecule has 1 aliphatic carbocycles. The molecule has 0 aromatic heterocycles. The molecule has 4 nitrogen and oxygen atoms in total. The van der Waals surface area contributed by atoms with Gasteiger partial charge in [0.2, 0.25) is 5.91 Å². The first-order chi connectivity index (χ1) is 7.81. The molecule has 1 aliphatic rings. The maximum atomic E-state index is 11.9. The van der Waals surface area contributed by atoms with Crippen LogP contribution in [-0.4, -0.2) is 23.5 Å². The number of rotatable bonds is 4. The molecular weight excluding hydrogens is 218 g/mol. The van der Waals surface area contributed by atoms with Gasteiger partial charge < -0.3 is 10.4 Å². The molecule has 0 aliphatic heterocycles. The number of hydrogen-bond donors (Lipinski definition) is 2. The number of carboxylic acids is 1. The highest BCUT2D eigenvalue weighted by molar-refractivity contribution is 5.85. The summed E-state index contributed by atoms with van der Waals surface area (Å²) in [7, 11) is 0. The third kappa shape index (κ3) is 4.36. The Kier molecular flexibility index (Phi) is 4.54. The van der Waals surface area contributed by atoms with Crippen LogP contribution in [0, 0.1) is 17.3 Å². The summed E-state index contributed by atoms with van der Waals surface area (Å²) in [5.74, 6) is -1.73. The Labute approximate surface area is 103 Å². The highest BCUT2D eigenvalue weighted by Gasteiger charge is 2.37. The number of hydrogen-bond acceptors (Lipinski definition) is 2. The van der Waals surface area contributed by atoms with Crippen LogP contribution < -0.4 is 5.32 Å². The summed E-state index contributed by atoms with van der Waals surface area (Å²) in [6.45, 7) is 6.99. The predicted molar refractivity (Wildman–Crippen MR) is 65.5 cm³/mol. The quantitative estimate of drug-likeness (QED) is 0.791. The molecule has 98 valence electrons. The molecule has 0 heterocycles. The predicted octanol–water partition coefficient (Wildman–Crippen LogP) is 2.04. The van der Waals surface area contributed by atoms with E-state index in [9.17, 15) is 9.59 Å². The summed E-state index contributed by atoms with van der Waals surface area (Å²) >= 11 is 0. The number of nitrogens with one attached hydrogen (secondary N) is 1. The summed E-state index contributed by atoms with van der Waals surface area (Å²) in [6.07, 6.45) is 3.09. The Morgan fingerprint density at radius 3 is 2.35 bits per heavy atom. The van der Waals surface area contributed by atoms with Crippen LogP contribution in [-0.2, 0) is 9.59 Å². The lowest BCUT2D eigenvalue weighted by Crippen LogP contribution is -2.36. The Morgan fingerprint density at radius 2 is 1.82 bits per heavy atom. The number of amides is 1. The molecule has 1 amide bonds. The van der Waals surface area contributed by atoms with Crippen LogP contribution in [0.2, 0.25) is 0 Å². The minimum absolute atomic E-state index is 0.0841. The normalized spacial score (nSPS) is 24.6. The first kappa shape index (κ1) is 14.0. The molecule has 1 rings (SSSR count). The monoisotopic (exact) mass is 241 g/mol. The zero-order valence-electron chi connectivity index (χ0n) is 11.0. The lowest BCUT2D eigenvalue weighted by atomic mass is 9.91. The number of carbonyl (C=O) groups is 2. The second-order valence-corrected chi connectivity index (χ2v) is 6.08. The van der Waals surface area contributed by atoms with Gasteiger partial charge in [0.05, 0.1) is 11.8 Å². The van der Waals surface area contributed by atoms with E-state index in [-0.39, 0.29) is 17.2 Å². The average Bonchev–Trinajstić information content (AvgIpc) is 2.63. The summed E-state index contributed by atoms with van der Waals surface area (Å²) in [5, 5.41) is 11.9. The van der Waals surface area contributed by atoms with Gasteiger partial charge in [0.25, 0.3) is 0 Å². The number of carboxylic acid groups (broad SMARTS) is 1. The van der Waals surface area contributed by atoms with Crippen molar-refractivity contribution in [1.82, 2.24) is 5.32 Å². The summed E-state index contributed by atoms with van der Waals surface area (Å²) < 4.78 is 0. The van der Waals surface area contributed by atoms with E-state index in [1.54, 1.807) is 0 Å². The van der Waals surface area contributed by atoms with Crippen LogP contribution in [0.25, 0.3) is 0 Å². The van der Waals surface area contributed by atoms with E-state index in [0.29, 0.717) is 19.4 Å². The summed E-state index contributed by atoms with van der Waals surface area (Å²) in [5.41, 5.74) is 0.190. The van der Waals surface area contributed by atoms with Gasteiger partial charge in [-0.15, -0.1) is 0 Å². The largest absolute Gasteiger partial charge is 0.481 e. The van der Waals surface area contributed by atoms with Crippen LogP contribution >= 0.6 is 0 Å². The van der Waals surface area contributed by atoms with Gasteiger partial charge in [0.15, 0.2) is 0 Å². The van der Waals surface area contributed by atoms with Gasteiger partial charge in [0, 0.05) is 6.54 Å². The molecule has 1 fully saturated rings. The van der Waals surface area contributed by atoms with Gasteiger partial charge in [-0.05, 0) is 24.7 Å². The fourth-order valence-electron chi connectivity index (χ4n) is 2.26. The minimum atomic E-state index is -0.835. The van der Waals surface area contributed by atoms with E-state index in [4.69, 9.17) is 5.11 Å². The van der Waals surface area contributed by atoms with E-state index < -0.39 is 11.9 Å². The second kappa shape index (κ2) is 5.52. The zero-order valence-corrected chi connectivity index (χ0v) is 11.0. The molecule has 0 bridgehead atoms. The SMILES string of the molecule is CC(C)(C)CCNC(=O)C1CCCC1C(=O)O. The van der Waals surface area contributed by atoms with E-state index in [1.807, 2.05) is 0 Å². The van der Waals surface area contributed by atoms with Gasteiger partial charge in [0.1, 0.15) is 0 Å². The molecule has 0 radical (unpaired) electrons. The smallest absolute Gasteiger partial charge is 0.307 e. The minimum Gasteiger partial charge on any atom is -0.481 e. The van der Waals surface area contributed by atoms with Crippen LogP contribution in [0.3, 0.4) is 0 Å². The standard InChI is InChI=1S/C13H23NO3/c1-13(2,3)7-8-14-11(15)9-5-4-6-10(9)12(16)17/h9-10H,4-8H2,1-3H3,(H,14,15)(H,16,17). The highest BCUT2D eigenvalue weighted by Crippen LogP contribution is 2.32. The first-order valence-corrected chi connectivity index (χ1v) is 6.32. The van der Waals surface area contributed by atoms with Crippen molar-refractivity contribution < 1.29 is 14.7 Å². The number of aliphatic carboxylic acids is 1. The van der Waals surface area contributed by atoms with Gasteiger partial charge in [-0.1, -0.05) is 27.2 Å². The van der Waals surface area contributed by atoms with Crippen LogP contribution in [0.15, 0.2) is 0 Å². The zero-order chi connectivity index (χ0) is 13.1. The van der Waals surface area contributed by atoms with Gasteiger partial charge >= 0.3 is 5.97 Å². The summed E-state index contributed by atoms with van der Waals surface area (Å²) in [4.78, 5) is 22.8. The van der Waals surface area contributed by atoms with Gasteiger partial charge in [-0.3, -0.25) is 9.59 Å². The third-order valence-corrected chi connectivity index (χ3v) is 3.34. The second-order valence-electron chi connectivity index (χ2n) is 6.08. The fourth-order valence-corrected chi connectivity index (χ4v) is 2.26. The van der Waals surface area contributed by atoms with Crippen molar-refractivity contribution in [1.29, 1.82) is 0 Å². The van der Waals surface area contributed by atoms with E-state index in [1.165, 1.54) is 0 Å². The van der Waals surface area contributed by atoms with Crippen molar-refractivity contribution >= 4 is 11.9 Å². The van der Waals surface area contributed by atoms with E-state index in [2.05, 4.69) is 26.1 Å². The maximum absolute atomic E-state index is 11.9. The van der Waals surface area contributed by atoms with E-state index in [0.717, 1.165) is 12.8 Å². The van der Waals surface area contributed by atoms with Crippen LogP contribution in [0.4, 0.5) is 0 Å². The van der Waals surface area contributed by atoms with Crippen molar-refractivity contribution in [2.75, 3.05) is 6.54 Å². The molecular formula is C13H23NO3. The Morgan fingerprint density at radius 1 is 1.24 bits per heavy atom. The molecule has 17 heavy (non-hydrogen) atoms. The van der Waals surface area contributed by atoms with Crippen molar-refractivity contribution in [2.24, 2.45) is 17.3 Å².